The Morgan fingerprint density at radius 2 is 0.900 bits per heavy atom. The van der Waals surface area contributed by atoms with E-state index in [1.165, 1.54) is 16.7 Å². The molecule has 0 saturated carbocycles. The van der Waals surface area contributed by atoms with Gasteiger partial charge in [0.05, 0.1) is 0 Å². The lowest BCUT2D eigenvalue weighted by atomic mass is 10.00. The van der Waals surface area contributed by atoms with Gasteiger partial charge in [0.15, 0.2) is 0 Å². The molecule has 0 unspecified atom stereocenters. The van der Waals surface area contributed by atoms with E-state index in [0.717, 1.165) is 11.1 Å². The van der Waals surface area contributed by atoms with Gasteiger partial charge in [-0.15, -0.1) is 17.7 Å². The first-order valence-electron chi connectivity index (χ1n) is 6.55. The molecule has 0 amide bonds. The third-order valence-electron chi connectivity index (χ3n) is 3.35. The van der Waals surface area contributed by atoms with E-state index in [0.29, 0.717) is 0 Å². The lowest BCUT2D eigenvalue weighted by Gasteiger charge is -2.07. The molecule has 0 heteroatoms. The monoisotopic (exact) mass is 253 g/mol. The Kier molecular flexibility index (Phi) is 3.35. The molecule has 0 aliphatic rings. The van der Waals surface area contributed by atoms with Crippen LogP contribution in [0, 0.1) is 12.3 Å². The molecule has 0 N–H and O–H groups in total. The standard InChI is InChI=1S/C20H13/c1-2-16-8-10-18(11-9-16)20-14-12-19(13-15-20)17-6-4-3-5-7-17/h3-15H/q-1. The Bertz CT molecular complexity index is 727. The first-order chi connectivity index (χ1) is 9.86. The Morgan fingerprint density at radius 3 is 1.35 bits per heavy atom. The van der Waals surface area contributed by atoms with Gasteiger partial charge in [-0.05, 0) is 22.3 Å². The van der Waals surface area contributed by atoms with Crippen LogP contribution in [0.5, 0.6) is 0 Å². The van der Waals surface area contributed by atoms with Crippen molar-refractivity contribution < 1.29 is 0 Å². The van der Waals surface area contributed by atoms with Gasteiger partial charge >= 0.3 is 0 Å². The molecular weight excluding hydrogens is 240 g/mol. The van der Waals surface area contributed by atoms with Crippen LogP contribution in [0.3, 0.4) is 0 Å². The van der Waals surface area contributed by atoms with E-state index in [2.05, 4.69) is 54.5 Å². The highest BCUT2D eigenvalue weighted by molar-refractivity contribution is 5.70. The zero-order chi connectivity index (χ0) is 13.8. The molecule has 0 atom stereocenters. The van der Waals surface area contributed by atoms with Gasteiger partial charge in [-0.3, -0.25) is 5.92 Å². The van der Waals surface area contributed by atoms with Crippen LogP contribution in [-0.2, 0) is 0 Å². The maximum atomic E-state index is 7.09. The maximum absolute atomic E-state index is 7.09. The van der Waals surface area contributed by atoms with Gasteiger partial charge in [0, 0.05) is 0 Å². The number of rotatable bonds is 2. The minimum atomic E-state index is 0.801. The van der Waals surface area contributed by atoms with Crippen molar-refractivity contribution in [2.45, 2.75) is 0 Å². The highest BCUT2D eigenvalue weighted by Gasteiger charge is 1.99. The summed E-state index contributed by atoms with van der Waals surface area (Å²) >= 11 is 0. The molecule has 0 bridgehead atoms. The normalized spacial score (nSPS) is 9.95. The van der Waals surface area contributed by atoms with E-state index in [4.69, 9.17) is 6.42 Å². The molecule has 3 aromatic rings. The molecule has 0 saturated heterocycles. The summed E-state index contributed by atoms with van der Waals surface area (Å²) < 4.78 is 0. The minimum Gasteiger partial charge on any atom is -0.366 e. The Labute approximate surface area is 119 Å². The molecule has 3 aromatic carbocycles. The summed E-state index contributed by atoms with van der Waals surface area (Å²) in [5.74, 6) is 2.39. The Balaban J connectivity index is 1.91. The highest BCUT2D eigenvalue weighted by atomic mass is 14.0. The fourth-order valence-corrected chi connectivity index (χ4v) is 2.23. The third-order valence-corrected chi connectivity index (χ3v) is 3.35. The molecule has 0 aliphatic heterocycles. The molecule has 0 nitrogen and oxygen atoms in total. The van der Waals surface area contributed by atoms with E-state index >= 15 is 0 Å². The molecule has 0 radical (unpaired) electrons. The average molecular weight is 253 g/mol. The van der Waals surface area contributed by atoms with Crippen molar-refractivity contribution in [3.05, 3.63) is 90.8 Å². The van der Waals surface area contributed by atoms with Crippen molar-refractivity contribution in [3.8, 4) is 28.2 Å². The fourth-order valence-electron chi connectivity index (χ4n) is 2.23. The molecule has 0 fully saturated rings. The van der Waals surface area contributed by atoms with Crippen molar-refractivity contribution in [3.63, 3.8) is 0 Å². The predicted molar refractivity (Wildman–Crippen MR) is 83.5 cm³/mol. The summed E-state index contributed by atoms with van der Waals surface area (Å²) in [7, 11) is 0. The summed E-state index contributed by atoms with van der Waals surface area (Å²) in [5, 5.41) is 0. The summed E-state index contributed by atoms with van der Waals surface area (Å²) in [6.07, 6.45) is 7.09. The first-order valence-corrected chi connectivity index (χ1v) is 6.55. The van der Waals surface area contributed by atoms with Gasteiger partial charge in [0.25, 0.3) is 0 Å². The molecule has 3 rings (SSSR count). The van der Waals surface area contributed by atoms with E-state index in [1.807, 2.05) is 30.3 Å². The van der Waals surface area contributed by atoms with Gasteiger partial charge in [-0.1, -0.05) is 66.7 Å². The number of hydrogen-bond acceptors (Lipinski definition) is 0. The number of benzene rings is 3. The van der Waals surface area contributed by atoms with Crippen molar-refractivity contribution in [2.24, 2.45) is 0 Å². The predicted octanol–water partition coefficient (Wildman–Crippen LogP) is 4.96. The highest BCUT2D eigenvalue weighted by Crippen LogP contribution is 2.24. The molecule has 0 heterocycles. The summed E-state index contributed by atoms with van der Waals surface area (Å²) in [6.45, 7) is 0. The van der Waals surface area contributed by atoms with Crippen LogP contribution in [0.15, 0.2) is 78.9 Å². The van der Waals surface area contributed by atoms with Crippen molar-refractivity contribution in [1.82, 2.24) is 0 Å². The van der Waals surface area contributed by atoms with Crippen LogP contribution >= 0.6 is 0 Å². The largest absolute Gasteiger partial charge is 0.366 e. The quantitative estimate of drug-likeness (QED) is 0.447. The Morgan fingerprint density at radius 1 is 0.500 bits per heavy atom. The van der Waals surface area contributed by atoms with Gasteiger partial charge in [0.2, 0.25) is 0 Å². The van der Waals surface area contributed by atoms with E-state index in [9.17, 15) is 0 Å². The zero-order valence-corrected chi connectivity index (χ0v) is 11.0. The molecule has 94 valence electrons. The fraction of sp³-hybridized carbons (Fsp3) is 0. The van der Waals surface area contributed by atoms with Crippen LogP contribution in [-0.4, -0.2) is 0 Å². The second kappa shape index (κ2) is 5.47. The Hall–Kier alpha value is -2.78. The summed E-state index contributed by atoms with van der Waals surface area (Å²) in [5.41, 5.74) is 5.59. The van der Waals surface area contributed by atoms with Crippen LogP contribution in [0.2, 0.25) is 0 Å². The van der Waals surface area contributed by atoms with E-state index in [-0.39, 0.29) is 0 Å². The first kappa shape index (κ1) is 12.3. The molecule has 0 aliphatic carbocycles. The number of hydrogen-bond donors (Lipinski definition) is 0. The minimum absolute atomic E-state index is 0.801. The van der Waals surface area contributed by atoms with E-state index in [1.54, 1.807) is 0 Å². The lowest BCUT2D eigenvalue weighted by molar-refractivity contribution is 1.58. The smallest absolute Gasteiger partial charge is 0.0184 e. The summed E-state index contributed by atoms with van der Waals surface area (Å²) in [6, 6.07) is 26.8. The van der Waals surface area contributed by atoms with E-state index < -0.39 is 0 Å². The molecule has 0 spiro atoms. The average Bonchev–Trinajstić information content (AvgIpc) is 2.56. The second-order valence-corrected chi connectivity index (χ2v) is 4.65. The second-order valence-electron chi connectivity index (χ2n) is 4.65. The topological polar surface area (TPSA) is 0 Å². The van der Waals surface area contributed by atoms with Crippen molar-refractivity contribution in [2.75, 3.05) is 0 Å². The van der Waals surface area contributed by atoms with Crippen LogP contribution in [0.4, 0.5) is 0 Å². The summed E-state index contributed by atoms with van der Waals surface area (Å²) in [4.78, 5) is 0. The van der Waals surface area contributed by atoms with Crippen LogP contribution < -0.4 is 0 Å². The third kappa shape index (κ3) is 2.48. The molecule has 20 heavy (non-hydrogen) atoms. The SMILES string of the molecule is [C-]#Cc1ccc(-c2ccc(-c3ccccc3)cc2)cc1. The van der Waals surface area contributed by atoms with Gasteiger partial charge in [-0.25, -0.2) is 0 Å². The molecular formula is C20H13-. The molecule has 0 aromatic heterocycles. The van der Waals surface area contributed by atoms with Crippen molar-refractivity contribution in [1.29, 1.82) is 0 Å². The van der Waals surface area contributed by atoms with Crippen molar-refractivity contribution >= 4 is 0 Å². The van der Waals surface area contributed by atoms with Gasteiger partial charge < -0.3 is 6.42 Å². The lowest BCUT2D eigenvalue weighted by Crippen LogP contribution is -1.81. The maximum Gasteiger partial charge on any atom is -0.0184 e. The van der Waals surface area contributed by atoms with Gasteiger partial charge in [-0.2, -0.15) is 0 Å². The van der Waals surface area contributed by atoms with Crippen LogP contribution in [0.1, 0.15) is 5.56 Å². The van der Waals surface area contributed by atoms with Gasteiger partial charge in [0.1, 0.15) is 0 Å². The zero-order valence-electron chi connectivity index (χ0n) is 11.0. The van der Waals surface area contributed by atoms with Crippen LogP contribution in [0.25, 0.3) is 22.3 Å².